The van der Waals surface area contributed by atoms with Crippen LogP contribution in [-0.2, 0) is 10.0 Å². The van der Waals surface area contributed by atoms with Gasteiger partial charge in [0.1, 0.15) is 16.9 Å². The summed E-state index contributed by atoms with van der Waals surface area (Å²) in [5, 5.41) is 0.620. The fourth-order valence-corrected chi connectivity index (χ4v) is 4.81. The maximum atomic E-state index is 13.1. The Morgan fingerprint density at radius 3 is 2.50 bits per heavy atom. The molecule has 1 fully saturated rings. The molecule has 1 aromatic heterocycles. The van der Waals surface area contributed by atoms with E-state index in [1.54, 1.807) is 28.7 Å². The number of hydrogen-bond acceptors (Lipinski definition) is 4. The van der Waals surface area contributed by atoms with Crippen LogP contribution in [0.15, 0.2) is 29.3 Å². The molecule has 24 heavy (non-hydrogen) atoms. The molecule has 0 saturated carbocycles. The summed E-state index contributed by atoms with van der Waals surface area (Å²) in [6, 6.07) is 5.29. The number of benzene rings is 1. The summed E-state index contributed by atoms with van der Waals surface area (Å²) in [4.78, 5) is 4.74. The summed E-state index contributed by atoms with van der Waals surface area (Å²) in [6.07, 6.45) is 3.50. The molecule has 1 saturated heterocycles. The molecule has 6 heteroatoms. The molecule has 130 valence electrons. The first kappa shape index (κ1) is 17.2. The highest BCUT2D eigenvalue weighted by Crippen LogP contribution is 2.36. The summed E-state index contributed by atoms with van der Waals surface area (Å²) in [6.45, 7) is 8.95. The molecular weight excluding hydrogens is 324 g/mol. The standard InChI is InChI=1S/C18H24N2O3S/c1-13-12-15(24(21,22)20-10-5-6-11-20)14-8-7-9-19-16(14)17(13)23-18(2,3)4/h7-9,12H,5-6,10-11H2,1-4H3. The van der Waals surface area contributed by atoms with Crippen LogP contribution in [-0.4, -0.2) is 36.4 Å². The molecular formula is C18H24N2O3S. The van der Waals surface area contributed by atoms with E-state index in [2.05, 4.69) is 4.98 Å². The zero-order valence-electron chi connectivity index (χ0n) is 14.7. The molecule has 1 aliphatic rings. The number of nitrogens with zero attached hydrogens (tertiary/aromatic N) is 2. The van der Waals surface area contributed by atoms with E-state index in [1.165, 1.54) is 0 Å². The average molecular weight is 348 g/mol. The van der Waals surface area contributed by atoms with Gasteiger partial charge in [0.15, 0.2) is 0 Å². The molecule has 0 unspecified atom stereocenters. The van der Waals surface area contributed by atoms with E-state index in [4.69, 9.17) is 4.74 Å². The van der Waals surface area contributed by atoms with Crippen molar-refractivity contribution < 1.29 is 13.2 Å². The predicted molar refractivity (Wildman–Crippen MR) is 94.9 cm³/mol. The molecule has 2 heterocycles. The summed E-state index contributed by atoms with van der Waals surface area (Å²) >= 11 is 0. The summed E-state index contributed by atoms with van der Waals surface area (Å²) < 4.78 is 33.7. The van der Waals surface area contributed by atoms with Crippen molar-refractivity contribution in [3.63, 3.8) is 0 Å². The van der Waals surface area contributed by atoms with Crippen molar-refractivity contribution in [2.75, 3.05) is 13.1 Å². The van der Waals surface area contributed by atoms with Gasteiger partial charge in [0, 0.05) is 24.7 Å². The molecule has 0 aliphatic carbocycles. The second kappa shape index (κ2) is 6.01. The lowest BCUT2D eigenvalue weighted by atomic mass is 10.1. The summed E-state index contributed by atoms with van der Waals surface area (Å²) in [7, 11) is -3.51. The Bertz CT molecular complexity index is 864. The molecule has 0 amide bonds. The second-order valence-electron chi connectivity index (χ2n) is 7.25. The van der Waals surface area contributed by atoms with Gasteiger partial charge in [-0.25, -0.2) is 8.42 Å². The second-order valence-corrected chi connectivity index (χ2v) is 9.15. The normalized spacial score (nSPS) is 16.7. The van der Waals surface area contributed by atoms with Gasteiger partial charge in [-0.3, -0.25) is 4.98 Å². The Balaban J connectivity index is 2.23. The van der Waals surface area contributed by atoms with Crippen LogP contribution in [0.4, 0.5) is 0 Å². The average Bonchev–Trinajstić information content (AvgIpc) is 3.03. The van der Waals surface area contributed by atoms with E-state index in [1.807, 2.05) is 27.7 Å². The van der Waals surface area contributed by atoms with Crippen LogP contribution >= 0.6 is 0 Å². The quantitative estimate of drug-likeness (QED) is 0.852. The van der Waals surface area contributed by atoms with Crippen molar-refractivity contribution in [2.24, 2.45) is 0 Å². The maximum absolute atomic E-state index is 13.1. The minimum absolute atomic E-state index is 0.325. The van der Waals surface area contributed by atoms with E-state index in [0.29, 0.717) is 34.6 Å². The first-order valence-corrected chi connectivity index (χ1v) is 9.72. The van der Waals surface area contributed by atoms with Gasteiger partial charge in [0.2, 0.25) is 10.0 Å². The van der Waals surface area contributed by atoms with Crippen molar-refractivity contribution in [1.82, 2.24) is 9.29 Å². The third kappa shape index (κ3) is 3.13. The molecule has 0 radical (unpaired) electrons. The smallest absolute Gasteiger partial charge is 0.243 e. The third-order valence-corrected chi connectivity index (χ3v) is 6.02. The first-order valence-electron chi connectivity index (χ1n) is 8.28. The molecule has 0 bridgehead atoms. The van der Waals surface area contributed by atoms with E-state index in [-0.39, 0.29) is 5.60 Å². The monoisotopic (exact) mass is 348 g/mol. The van der Waals surface area contributed by atoms with E-state index in [0.717, 1.165) is 18.4 Å². The predicted octanol–water partition coefficient (Wildman–Crippen LogP) is 3.51. The van der Waals surface area contributed by atoms with Gasteiger partial charge in [-0.15, -0.1) is 0 Å². The van der Waals surface area contributed by atoms with E-state index < -0.39 is 10.0 Å². The fraction of sp³-hybridized carbons (Fsp3) is 0.500. The van der Waals surface area contributed by atoms with E-state index >= 15 is 0 Å². The number of hydrogen-bond donors (Lipinski definition) is 0. The van der Waals surface area contributed by atoms with Gasteiger partial charge in [-0.1, -0.05) is 0 Å². The number of aromatic nitrogens is 1. The lowest BCUT2D eigenvalue weighted by Crippen LogP contribution is -2.28. The summed E-state index contributed by atoms with van der Waals surface area (Å²) in [5.74, 6) is 0.651. The van der Waals surface area contributed by atoms with Crippen molar-refractivity contribution in [1.29, 1.82) is 0 Å². The van der Waals surface area contributed by atoms with Crippen molar-refractivity contribution in [3.8, 4) is 5.75 Å². The third-order valence-electron chi connectivity index (χ3n) is 4.09. The molecule has 1 aliphatic heterocycles. The highest BCUT2D eigenvalue weighted by atomic mass is 32.2. The molecule has 1 aromatic carbocycles. The molecule has 0 spiro atoms. The molecule has 5 nitrogen and oxygen atoms in total. The molecule has 0 atom stereocenters. The van der Waals surface area contributed by atoms with Crippen molar-refractivity contribution in [2.45, 2.75) is 51.0 Å². The van der Waals surface area contributed by atoms with Crippen LogP contribution < -0.4 is 4.74 Å². The minimum atomic E-state index is -3.51. The number of sulfonamides is 1. The number of rotatable bonds is 3. The van der Waals surface area contributed by atoms with Crippen LogP contribution in [0.2, 0.25) is 0 Å². The lowest BCUT2D eigenvalue weighted by molar-refractivity contribution is 0.132. The van der Waals surface area contributed by atoms with Gasteiger partial charge in [-0.2, -0.15) is 4.31 Å². The number of ether oxygens (including phenoxy) is 1. The molecule has 2 aromatic rings. The lowest BCUT2D eigenvalue weighted by Gasteiger charge is -2.25. The van der Waals surface area contributed by atoms with Crippen LogP contribution in [0.3, 0.4) is 0 Å². The largest absolute Gasteiger partial charge is 0.486 e. The van der Waals surface area contributed by atoms with Gasteiger partial charge >= 0.3 is 0 Å². The fourth-order valence-electron chi connectivity index (χ4n) is 3.03. The Hall–Kier alpha value is -1.66. The van der Waals surface area contributed by atoms with Gasteiger partial charge in [0.05, 0.1) is 4.90 Å². The first-order chi connectivity index (χ1) is 11.2. The zero-order valence-corrected chi connectivity index (χ0v) is 15.5. The molecule has 3 rings (SSSR count). The number of aryl methyl sites for hydroxylation is 1. The highest BCUT2D eigenvalue weighted by molar-refractivity contribution is 7.89. The highest BCUT2D eigenvalue weighted by Gasteiger charge is 2.30. The van der Waals surface area contributed by atoms with Crippen LogP contribution in [0.5, 0.6) is 5.75 Å². The SMILES string of the molecule is Cc1cc(S(=O)(=O)N2CCCC2)c2cccnc2c1OC(C)(C)C. The van der Waals surface area contributed by atoms with Crippen molar-refractivity contribution >= 4 is 20.9 Å². The van der Waals surface area contributed by atoms with Crippen molar-refractivity contribution in [3.05, 3.63) is 30.0 Å². The zero-order chi connectivity index (χ0) is 17.5. The van der Waals surface area contributed by atoms with Gasteiger partial charge in [-0.05, 0) is 64.3 Å². The number of fused-ring (bicyclic) bond motifs is 1. The molecule has 0 N–H and O–H groups in total. The Morgan fingerprint density at radius 1 is 1.21 bits per heavy atom. The Kier molecular flexibility index (Phi) is 4.30. The number of pyridine rings is 1. The Morgan fingerprint density at radius 2 is 1.88 bits per heavy atom. The van der Waals surface area contributed by atoms with Crippen LogP contribution in [0.25, 0.3) is 10.9 Å². The van der Waals surface area contributed by atoms with Crippen LogP contribution in [0.1, 0.15) is 39.2 Å². The van der Waals surface area contributed by atoms with Gasteiger partial charge < -0.3 is 4.74 Å². The summed E-state index contributed by atoms with van der Waals surface area (Å²) in [5.41, 5.74) is 1.00. The Labute approximate surface area is 143 Å². The van der Waals surface area contributed by atoms with Crippen LogP contribution in [0, 0.1) is 6.92 Å². The topological polar surface area (TPSA) is 59.5 Å². The maximum Gasteiger partial charge on any atom is 0.243 e. The minimum Gasteiger partial charge on any atom is -0.486 e. The van der Waals surface area contributed by atoms with E-state index in [9.17, 15) is 8.42 Å². The van der Waals surface area contributed by atoms with Gasteiger partial charge in [0.25, 0.3) is 0 Å².